The molecule has 1 rings (SSSR count). The van der Waals surface area contributed by atoms with Crippen molar-refractivity contribution in [3.8, 4) is 0 Å². The van der Waals surface area contributed by atoms with Crippen molar-refractivity contribution in [3.05, 3.63) is 22.5 Å². The molecule has 7 heteroatoms. The van der Waals surface area contributed by atoms with Gasteiger partial charge in [-0.05, 0) is 12.0 Å². The highest BCUT2D eigenvalue weighted by Crippen LogP contribution is 2.08. The first-order valence-corrected chi connectivity index (χ1v) is 5.04. The number of rotatable bonds is 5. The maximum atomic E-state index is 11.5. The van der Waals surface area contributed by atoms with Crippen LogP contribution in [0.2, 0.25) is 0 Å². The summed E-state index contributed by atoms with van der Waals surface area (Å²) in [5, 5.41) is 16.8. The lowest BCUT2D eigenvalue weighted by Gasteiger charge is -2.08. The van der Waals surface area contributed by atoms with Crippen molar-refractivity contribution < 1.29 is 14.7 Å². The van der Waals surface area contributed by atoms with Crippen LogP contribution in [-0.2, 0) is 9.59 Å². The number of carbonyl (C=O) groups excluding carboxylic acids is 1. The van der Waals surface area contributed by atoms with Gasteiger partial charge in [-0.1, -0.05) is 6.92 Å². The van der Waals surface area contributed by atoms with E-state index in [1.165, 1.54) is 12.1 Å². The largest absolute Gasteiger partial charge is 0.481 e. The summed E-state index contributed by atoms with van der Waals surface area (Å²) in [5.74, 6) is -1.29. The van der Waals surface area contributed by atoms with Crippen molar-refractivity contribution >= 4 is 17.7 Å². The summed E-state index contributed by atoms with van der Waals surface area (Å²) in [6.45, 7) is 1.67. The SMILES string of the molecule is CC(CC(=O)O)CC(=O)Nc1ccc(=O)[nH]n1. The highest BCUT2D eigenvalue weighted by molar-refractivity contribution is 5.90. The van der Waals surface area contributed by atoms with Crippen LogP contribution in [0.25, 0.3) is 0 Å². The van der Waals surface area contributed by atoms with Crippen LogP contribution in [0.1, 0.15) is 19.8 Å². The van der Waals surface area contributed by atoms with Crippen LogP contribution >= 0.6 is 0 Å². The molecule has 0 saturated heterocycles. The van der Waals surface area contributed by atoms with E-state index in [-0.39, 0.29) is 36.0 Å². The number of hydrogen-bond acceptors (Lipinski definition) is 4. The third kappa shape index (κ3) is 4.92. The third-order valence-corrected chi connectivity index (χ3v) is 2.00. The highest BCUT2D eigenvalue weighted by atomic mass is 16.4. The molecule has 1 aromatic rings. The van der Waals surface area contributed by atoms with Crippen LogP contribution in [0.15, 0.2) is 16.9 Å². The third-order valence-electron chi connectivity index (χ3n) is 2.00. The average Bonchev–Trinajstić information content (AvgIpc) is 2.19. The van der Waals surface area contributed by atoms with E-state index >= 15 is 0 Å². The van der Waals surface area contributed by atoms with Crippen LogP contribution < -0.4 is 10.9 Å². The van der Waals surface area contributed by atoms with E-state index in [0.717, 1.165) is 0 Å². The number of nitrogens with one attached hydrogen (secondary N) is 2. The van der Waals surface area contributed by atoms with Gasteiger partial charge in [-0.25, -0.2) is 5.10 Å². The van der Waals surface area contributed by atoms with E-state index in [0.29, 0.717) is 0 Å². The molecule has 0 radical (unpaired) electrons. The molecular formula is C10H13N3O4. The van der Waals surface area contributed by atoms with Gasteiger partial charge in [0.15, 0.2) is 5.82 Å². The quantitative estimate of drug-likeness (QED) is 0.679. The summed E-state index contributed by atoms with van der Waals surface area (Å²) in [7, 11) is 0. The molecule has 1 amide bonds. The Labute approximate surface area is 96.9 Å². The lowest BCUT2D eigenvalue weighted by atomic mass is 10.0. The standard InChI is InChI=1S/C10H13N3O4/c1-6(5-10(16)17)4-9(15)11-7-2-3-8(14)13-12-7/h2-3,6H,4-5H2,1H3,(H,13,14)(H,16,17)(H,11,12,15). The topological polar surface area (TPSA) is 112 Å². The Bertz CT molecular complexity index is 448. The molecule has 0 fully saturated rings. The van der Waals surface area contributed by atoms with Crippen LogP contribution in [0.4, 0.5) is 5.82 Å². The number of aliphatic carboxylic acids is 1. The van der Waals surface area contributed by atoms with Crippen molar-refractivity contribution in [2.75, 3.05) is 5.32 Å². The summed E-state index contributed by atoms with van der Waals surface area (Å²) in [5.41, 5.74) is -0.359. The number of aromatic amines is 1. The van der Waals surface area contributed by atoms with Crippen molar-refractivity contribution in [1.82, 2.24) is 10.2 Å². The van der Waals surface area contributed by atoms with Gasteiger partial charge in [-0.15, -0.1) is 0 Å². The van der Waals surface area contributed by atoms with Gasteiger partial charge in [-0.3, -0.25) is 14.4 Å². The monoisotopic (exact) mass is 239 g/mol. The summed E-state index contributed by atoms with van der Waals surface area (Å²) in [4.78, 5) is 32.6. The molecule has 0 spiro atoms. The molecule has 0 aliphatic heterocycles. The summed E-state index contributed by atoms with van der Waals surface area (Å²) in [6.07, 6.45) is 0.0274. The fourth-order valence-electron chi connectivity index (χ4n) is 1.29. The molecule has 0 aliphatic carbocycles. The minimum atomic E-state index is -0.938. The zero-order valence-corrected chi connectivity index (χ0v) is 9.27. The van der Waals surface area contributed by atoms with E-state index in [2.05, 4.69) is 15.5 Å². The molecule has 0 aromatic carbocycles. The van der Waals surface area contributed by atoms with E-state index in [1.807, 2.05) is 0 Å². The maximum Gasteiger partial charge on any atom is 0.303 e. The minimum absolute atomic E-state index is 0.0630. The van der Waals surface area contributed by atoms with Gasteiger partial charge in [0.2, 0.25) is 5.91 Å². The summed E-state index contributed by atoms with van der Waals surface area (Å²) in [6, 6.07) is 2.61. The molecule has 1 atom stereocenters. The Morgan fingerprint density at radius 3 is 2.71 bits per heavy atom. The number of amides is 1. The van der Waals surface area contributed by atoms with E-state index in [9.17, 15) is 14.4 Å². The summed E-state index contributed by atoms with van der Waals surface area (Å²) < 4.78 is 0. The molecule has 17 heavy (non-hydrogen) atoms. The Morgan fingerprint density at radius 2 is 2.18 bits per heavy atom. The van der Waals surface area contributed by atoms with Gasteiger partial charge in [0.1, 0.15) is 0 Å². The van der Waals surface area contributed by atoms with Crippen LogP contribution in [0.3, 0.4) is 0 Å². The van der Waals surface area contributed by atoms with E-state index < -0.39 is 5.97 Å². The molecule has 1 unspecified atom stereocenters. The van der Waals surface area contributed by atoms with Gasteiger partial charge in [-0.2, -0.15) is 5.10 Å². The van der Waals surface area contributed by atoms with E-state index in [1.54, 1.807) is 6.92 Å². The second-order valence-corrected chi connectivity index (χ2v) is 3.76. The molecule has 92 valence electrons. The molecular weight excluding hydrogens is 226 g/mol. The molecule has 0 bridgehead atoms. The molecule has 0 aliphatic rings. The maximum absolute atomic E-state index is 11.5. The molecule has 1 aromatic heterocycles. The van der Waals surface area contributed by atoms with Crippen molar-refractivity contribution in [3.63, 3.8) is 0 Å². The number of hydrogen-bond donors (Lipinski definition) is 3. The van der Waals surface area contributed by atoms with Gasteiger partial charge in [0.05, 0.1) is 0 Å². The smallest absolute Gasteiger partial charge is 0.303 e. The first-order chi connectivity index (χ1) is 7.97. The minimum Gasteiger partial charge on any atom is -0.481 e. The normalized spacial score (nSPS) is 11.8. The number of carbonyl (C=O) groups is 2. The first kappa shape index (κ1) is 12.9. The van der Waals surface area contributed by atoms with Crippen LogP contribution in [-0.4, -0.2) is 27.2 Å². The molecule has 3 N–H and O–H groups in total. The van der Waals surface area contributed by atoms with Gasteiger partial charge >= 0.3 is 5.97 Å². The Balaban J connectivity index is 2.47. The van der Waals surface area contributed by atoms with Crippen LogP contribution in [0, 0.1) is 5.92 Å². The number of carboxylic acids is 1. The van der Waals surface area contributed by atoms with Crippen molar-refractivity contribution in [1.29, 1.82) is 0 Å². The Morgan fingerprint density at radius 1 is 1.47 bits per heavy atom. The van der Waals surface area contributed by atoms with Crippen molar-refractivity contribution in [2.24, 2.45) is 5.92 Å². The second kappa shape index (κ2) is 5.78. The fourth-order valence-corrected chi connectivity index (χ4v) is 1.29. The molecule has 1 heterocycles. The average molecular weight is 239 g/mol. The number of anilines is 1. The molecule has 0 saturated carbocycles. The lowest BCUT2D eigenvalue weighted by molar-refractivity contribution is -0.138. The summed E-state index contributed by atoms with van der Waals surface area (Å²) >= 11 is 0. The van der Waals surface area contributed by atoms with Gasteiger partial charge < -0.3 is 10.4 Å². The van der Waals surface area contributed by atoms with Gasteiger partial charge in [0, 0.05) is 18.9 Å². The highest BCUT2D eigenvalue weighted by Gasteiger charge is 2.12. The second-order valence-electron chi connectivity index (χ2n) is 3.76. The first-order valence-electron chi connectivity index (χ1n) is 5.04. The predicted molar refractivity (Wildman–Crippen MR) is 59.5 cm³/mol. The number of nitrogens with zero attached hydrogens (tertiary/aromatic N) is 1. The number of carboxylic acid groups (broad SMARTS) is 1. The number of H-pyrrole nitrogens is 1. The zero-order valence-electron chi connectivity index (χ0n) is 9.27. The Hall–Kier alpha value is -2.18. The zero-order chi connectivity index (χ0) is 12.8. The Kier molecular flexibility index (Phi) is 4.38. The van der Waals surface area contributed by atoms with E-state index in [4.69, 9.17) is 5.11 Å². The van der Waals surface area contributed by atoms with Crippen molar-refractivity contribution in [2.45, 2.75) is 19.8 Å². The predicted octanol–water partition coefficient (Wildman–Crippen LogP) is 0.209. The lowest BCUT2D eigenvalue weighted by Crippen LogP contribution is -2.19. The van der Waals surface area contributed by atoms with Crippen LogP contribution in [0.5, 0.6) is 0 Å². The molecule has 7 nitrogen and oxygen atoms in total. The number of aromatic nitrogens is 2. The van der Waals surface area contributed by atoms with Gasteiger partial charge in [0.25, 0.3) is 5.56 Å². The fraction of sp³-hybridized carbons (Fsp3) is 0.400.